The summed E-state index contributed by atoms with van der Waals surface area (Å²) in [7, 11) is 0. The zero-order valence-electron chi connectivity index (χ0n) is 12.2. The predicted octanol–water partition coefficient (Wildman–Crippen LogP) is 2.99. The van der Waals surface area contributed by atoms with Crippen LogP contribution in [0.3, 0.4) is 0 Å². The van der Waals surface area contributed by atoms with Gasteiger partial charge in [0.25, 0.3) is 0 Å². The SMILES string of the molecule is Oc1ccccc1.Oc1ccccc1.Oc1ccccc1.[BiH3]. The van der Waals surface area contributed by atoms with Gasteiger partial charge >= 0.3 is 26.2 Å². The summed E-state index contributed by atoms with van der Waals surface area (Å²) in [6, 6.07) is 26.1. The molecule has 0 atom stereocenters. The average Bonchev–Trinajstić information content (AvgIpc) is 2.51. The minimum absolute atomic E-state index is 0. The van der Waals surface area contributed by atoms with E-state index in [9.17, 15) is 0 Å². The summed E-state index contributed by atoms with van der Waals surface area (Å²) in [6.07, 6.45) is 0. The maximum absolute atomic E-state index is 8.63. The first-order valence-electron chi connectivity index (χ1n) is 6.40. The molecule has 0 unspecified atom stereocenters. The number of rotatable bonds is 0. The summed E-state index contributed by atoms with van der Waals surface area (Å²) in [4.78, 5) is 0. The van der Waals surface area contributed by atoms with Crippen LogP contribution in [-0.2, 0) is 0 Å². The number of hydrogen-bond donors (Lipinski definition) is 3. The van der Waals surface area contributed by atoms with Crippen LogP contribution < -0.4 is 0 Å². The second kappa shape index (κ2) is 12.7. The van der Waals surface area contributed by atoms with Gasteiger partial charge in [0.05, 0.1) is 0 Å². The van der Waals surface area contributed by atoms with Gasteiger partial charge in [-0.2, -0.15) is 0 Å². The molecule has 0 aliphatic rings. The molecule has 0 spiro atoms. The van der Waals surface area contributed by atoms with Crippen LogP contribution in [-0.4, -0.2) is 41.5 Å². The topological polar surface area (TPSA) is 60.7 Å². The van der Waals surface area contributed by atoms with E-state index < -0.39 is 0 Å². The van der Waals surface area contributed by atoms with Crippen LogP contribution in [0.1, 0.15) is 0 Å². The Morgan fingerprint density at radius 1 is 0.364 bits per heavy atom. The molecule has 0 saturated heterocycles. The Hall–Kier alpha value is -2.06. The molecular weight excluding hydrogens is 473 g/mol. The first-order chi connectivity index (χ1) is 10.2. The molecule has 4 heteroatoms. The molecule has 0 amide bonds. The molecule has 0 fully saturated rings. The second-order valence-electron chi connectivity index (χ2n) is 4.01. The Morgan fingerprint density at radius 3 is 0.636 bits per heavy atom. The Morgan fingerprint density at radius 2 is 0.545 bits per heavy atom. The van der Waals surface area contributed by atoms with Crippen molar-refractivity contribution in [2.45, 2.75) is 0 Å². The van der Waals surface area contributed by atoms with Gasteiger partial charge in [-0.15, -0.1) is 0 Å². The van der Waals surface area contributed by atoms with Crippen molar-refractivity contribution in [3.8, 4) is 17.2 Å². The number of benzene rings is 3. The van der Waals surface area contributed by atoms with E-state index in [-0.39, 0.29) is 26.2 Å². The van der Waals surface area contributed by atoms with E-state index in [0.29, 0.717) is 17.2 Å². The Bertz CT molecular complexity index is 497. The van der Waals surface area contributed by atoms with Gasteiger partial charge in [-0.1, -0.05) is 54.6 Å². The van der Waals surface area contributed by atoms with Gasteiger partial charge in [0.2, 0.25) is 0 Å². The van der Waals surface area contributed by atoms with Crippen LogP contribution in [0.15, 0.2) is 91.0 Å². The molecule has 3 aromatic rings. The molecule has 22 heavy (non-hydrogen) atoms. The summed E-state index contributed by atoms with van der Waals surface area (Å²) >= 11 is 0. The summed E-state index contributed by atoms with van der Waals surface area (Å²) in [6.45, 7) is 0. The fourth-order valence-electron chi connectivity index (χ4n) is 1.28. The molecule has 0 aromatic heterocycles. The molecular formula is C18H21BiO3. The fourth-order valence-corrected chi connectivity index (χ4v) is 1.28. The van der Waals surface area contributed by atoms with Gasteiger partial charge in [0.15, 0.2) is 0 Å². The standard InChI is InChI=1S/3C6H6O.Bi.3H/c3*7-6-4-2-1-3-5-6;;;;/h3*1-5,7H;;;;. The molecule has 0 heterocycles. The first kappa shape index (κ1) is 19.9. The van der Waals surface area contributed by atoms with Gasteiger partial charge in [-0.25, -0.2) is 0 Å². The summed E-state index contributed by atoms with van der Waals surface area (Å²) in [5.41, 5.74) is 0. The first-order valence-corrected chi connectivity index (χ1v) is 6.40. The zero-order chi connectivity index (χ0) is 15.3. The molecule has 116 valence electrons. The number of hydrogen-bond acceptors (Lipinski definition) is 3. The van der Waals surface area contributed by atoms with E-state index in [4.69, 9.17) is 15.3 Å². The molecule has 0 radical (unpaired) electrons. The molecule has 0 aliphatic carbocycles. The van der Waals surface area contributed by atoms with Gasteiger partial charge in [-0.05, 0) is 36.4 Å². The molecule has 3 rings (SSSR count). The van der Waals surface area contributed by atoms with E-state index in [1.165, 1.54) is 0 Å². The van der Waals surface area contributed by atoms with E-state index in [2.05, 4.69) is 0 Å². The van der Waals surface area contributed by atoms with E-state index >= 15 is 0 Å². The number of para-hydroxylation sites is 3. The van der Waals surface area contributed by atoms with Gasteiger partial charge in [-0.3, -0.25) is 0 Å². The third-order valence-corrected chi connectivity index (χ3v) is 2.27. The average molecular weight is 494 g/mol. The van der Waals surface area contributed by atoms with Crippen molar-refractivity contribution in [1.82, 2.24) is 0 Å². The quantitative estimate of drug-likeness (QED) is 0.422. The Kier molecular flexibility index (Phi) is 11.5. The Balaban J connectivity index is 0.000000294. The van der Waals surface area contributed by atoms with Crippen molar-refractivity contribution in [3.63, 3.8) is 0 Å². The number of aromatic hydroxyl groups is 3. The van der Waals surface area contributed by atoms with Crippen molar-refractivity contribution >= 4 is 26.2 Å². The normalized spacial score (nSPS) is 8.18. The van der Waals surface area contributed by atoms with Crippen molar-refractivity contribution in [2.75, 3.05) is 0 Å². The summed E-state index contributed by atoms with van der Waals surface area (Å²) in [5.74, 6) is 0.965. The van der Waals surface area contributed by atoms with Crippen LogP contribution in [0.4, 0.5) is 0 Å². The van der Waals surface area contributed by atoms with Crippen LogP contribution in [0.5, 0.6) is 17.2 Å². The maximum atomic E-state index is 8.63. The molecule has 3 aromatic carbocycles. The van der Waals surface area contributed by atoms with Crippen molar-refractivity contribution < 1.29 is 15.3 Å². The molecule has 0 aliphatic heterocycles. The van der Waals surface area contributed by atoms with Crippen LogP contribution in [0.25, 0.3) is 0 Å². The summed E-state index contributed by atoms with van der Waals surface area (Å²) < 4.78 is 0. The fraction of sp³-hybridized carbons (Fsp3) is 0. The van der Waals surface area contributed by atoms with Gasteiger partial charge in [0, 0.05) is 0 Å². The van der Waals surface area contributed by atoms with E-state index in [1.807, 2.05) is 18.2 Å². The van der Waals surface area contributed by atoms with E-state index in [1.54, 1.807) is 72.8 Å². The van der Waals surface area contributed by atoms with Crippen molar-refractivity contribution in [2.24, 2.45) is 0 Å². The third kappa shape index (κ3) is 10.7. The predicted molar refractivity (Wildman–Crippen MR) is 94.3 cm³/mol. The van der Waals surface area contributed by atoms with Crippen molar-refractivity contribution in [3.05, 3.63) is 91.0 Å². The summed E-state index contributed by atoms with van der Waals surface area (Å²) in [5, 5.41) is 25.9. The molecule has 0 bridgehead atoms. The van der Waals surface area contributed by atoms with Crippen LogP contribution >= 0.6 is 0 Å². The van der Waals surface area contributed by atoms with Crippen LogP contribution in [0.2, 0.25) is 0 Å². The number of phenols is 3. The monoisotopic (exact) mass is 494 g/mol. The van der Waals surface area contributed by atoms with Crippen molar-refractivity contribution in [1.29, 1.82) is 0 Å². The van der Waals surface area contributed by atoms with Gasteiger partial charge in [0.1, 0.15) is 17.2 Å². The van der Waals surface area contributed by atoms with E-state index in [0.717, 1.165) is 0 Å². The Labute approximate surface area is 149 Å². The molecule has 3 N–H and O–H groups in total. The number of phenolic OH excluding ortho intramolecular Hbond substituents is 3. The molecule has 3 nitrogen and oxygen atoms in total. The second-order valence-corrected chi connectivity index (χ2v) is 4.01. The van der Waals surface area contributed by atoms with Crippen LogP contribution in [0, 0.1) is 0 Å². The zero-order valence-corrected chi connectivity index (χ0v) is 17.7. The van der Waals surface area contributed by atoms with Gasteiger partial charge < -0.3 is 15.3 Å². The minimum atomic E-state index is 0. The molecule has 0 saturated carbocycles. The third-order valence-electron chi connectivity index (χ3n) is 2.27.